The summed E-state index contributed by atoms with van der Waals surface area (Å²) in [6, 6.07) is 7.84. The van der Waals surface area contributed by atoms with Crippen LogP contribution in [0.2, 0.25) is 0 Å². The van der Waals surface area contributed by atoms with Gasteiger partial charge in [0, 0.05) is 0 Å². The van der Waals surface area contributed by atoms with Crippen molar-refractivity contribution in [1.29, 1.82) is 0 Å². The molecule has 1 aromatic carbocycles. The summed E-state index contributed by atoms with van der Waals surface area (Å²) in [5.74, 6) is 7.65. The van der Waals surface area contributed by atoms with Gasteiger partial charge in [0.15, 0.2) is 0 Å². The summed E-state index contributed by atoms with van der Waals surface area (Å²) in [5, 5.41) is 0. The second-order valence-electron chi connectivity index (χ2n) is 4.14. The zero-order chi connectivity index (χ0) is 12.5. The molecule has 0 spiro atoms. The van der Waals surface area contributed by atoms with Crippen molar-refractivity contribution < 1.29 is 4.74 Å². The third kappa shape index (κ3) is 5.15. The van der Waals surface area contributed by atoms with E-state index in [-0.39, 0.29) is 0 Å². The van der Waals surface area contributed by atoms with E-state index < -0.39 is 0 Å². The van der Waals surface area contributed by atoms with Crippen LogP contribution in [0.3, 0.4) is 0 Å². The summed E-state index contributed by atoms with van der Waals surface area (Å²) in [6.45, 7) is 5.14. The van der Waals surface area contributed by atoms with E-state index in [1.807, 2.05) is 24.3 Å². The molecule has 2 heteroatoms. The molecule has 1 atom stereocenters. The molecule has 0 heterocycles. The van der Waals surface area contributed by atoms with Crippen LogP contribution in [0.1, 0.15) is 32.3 Å². The average molecular weight is 251 g/mol. The fraction of sp³-hybridized carbons (Fsp3) is 0.467. The Bertz CT molecular complexity index is 389. The molecule has 1 aromatic rings. The molecule has 0 saturated heterocycles. The van der Waals surface area contributed by atoms with Gasteiger partial charge in [-0.3, -0.25) is 0 Å². The van der Waals surface area contributed by atoms with Crippen molar-refractivity contribution in [3.8, 4) is 17.6 Å². The number of benzene rings is 1. The van der Waals surface area contributed by atoms with Gasteiger partial charge in [-0.2, -0.15) is 0 Å². The van der Waals surface area contributed by atoms with Crippen molar-refractivity contribution >= 4 is 11.6 Å². The molecule has 0 N–H and O–H groups in total. The fourth-order valence-electron chi connectivity index (χ4n) is 1.63. The lowest BCUT2D eigenvalue weighted by atomic mass is 10.1. The van der Waals surface area contributed by atoms with Crippen molar-refractivity contribution in [2.45, 2.75) is 26.7 Å². The van der Waals surface area contributed by atoms with Crippen LogP contribution in [0.4, 0.5) is 0 Å². The van der Waals surface area contributed by atoms with Crippen molar-refractivity contribution in [2.24, 2.45) is 5.92 Å². The molecule has 1 rings (SSSR count). The van der Waals surface area contributed by atoms with Crippen LogP contribution in [-0.4, -0.2) is 12.5 Å². The zero-order valence-electron chi connectivity index (χ0n) is 10.5. The number of halogens is 1. The number of ether oxygens (including phenoxy) is 1. The molecule has 1 nitrogen and oxygen atoms in total. The van der Waals surface area contributed by atoms with E-state index in [1.165, 1.54) is 12.8 Å². The van der Waals surface area contributed by atoms with Crippen molar-refractivity contribution in [3.05, 3.63) is 29.8 Å². The minimum absolute atomic E-state index is 0.348. The first-order valence-corrected chi connectivity index (χ1v) is 6.58. The summed E-state index contributed by atoms with van der Waals surface area (Å²) in [5.41, 5.74) is 0.914. The highest BCUT2D eigenvalue weighted by molar-refractivity contribution is 6.19. The Morgan fingerprint density at radius 2 is 2.12 bits per heavy atom. The van der Waals surface area contributed by atoms with Gasteiger partial charge in [-0.1, -0.05) is 44.2 Å². The molecule has 0 aromatic heterocycles. The van der Waals surface area contributed by atoms with Crippen LogP contribution in [-0.2, 0) is 0 Å². The van der Waals surface area contributed by atoms with E-state index >= 15 is 0 Å². The molecule has 0 amide bonds. The second kappa shape index (κ2) is 8.03. The van der Waals surface area contributed by atoms with Gasteiger partial charge in [-0.15, -0.1) is 11.6 Å². The van der Waals surface area contributed by atoms with Gasteiger partial charge >= 0.3 is 0 Å². The Hall–Kier alpha value is -1.13. The quantitative estimate of drug-likeness (QED) is 0.565. The molecule has 0 radical (unpaired) electrons. The highest BCUT2D eigenvalue weighted by Crippen LogP contribution is 2.18. The lowest BCUT2D eigenvalue weighted by molar-refractivity contribution is 0.251. The van der Waals surface area contributed by atoms with E-state index in [0.717, 1.165) is 17.9 Å². The van der Waals surface area contributed by atoms with E-state index in [4.69, 9.17) is 16.3 Å². The van der Waals surface area contributed by atoms with Crippen molar-refractivity contribution in [2.75, 3.05) is 12.5 Å². The predicted molar refractivity (Wildman–Crippen MR) is 73.6 cm³/mol. The first kappa shape index (κ1) is 13.9. The van der Waals surface area contributed by atoms with Gasteiger partial charge in [0.05, 0.1) is 18.1 Å². The topological polar surface area (TPSA) is 9.23 Å². The van der Waals surface area contributed by atoms with Crippen LogP contribution >= 0.6 is 11.6 Å². The SMILES string of the molecule is CCCC(C)COc1ccccc1C#CCCl. The van der Waals surface area contributed by atoms with E-state index in [0.29, 0.717) is 11.8 Å². The monoisotopic (exact) mass is 250 g/mol. The molecule has 0 aliphatic rings. The Labute approximate surface area is 109 Å². The van der Waals surface area contributed by atoms with Crippen molar-refractivity contribution in [3.63, 3.8) is 0 Å². The predicted octanol–water partition coefficient (Wildman–Crippen LogP) is 4.09. The van der Waals surface area contributed by atoms with Crippen LogP contribution in [0.15, 0.2) is 24.3 Å². The van der Waals surface area contributed by atoms with Gasteiger partial charge in [-0.25, -0.2) is 0 Å². The van der Waals surface area contributed by atoms with E-state index in [2.05, 4.69) is 25.7 Å². The standard InChI is InChI=1S/C15H19ClO/c1-3-7-13(2)12-17-15-10-5-4-8-14(15)9-6-11-16/h4-5,8,10,13H,3,7,11-12H2,1-2H3. The summed E-state index contributed by atoms with van der Waals surface area (Å²) in [6.07, 6.45) is 2.38. The molecule has 1 unspecified atom stereocenters. The smallest absolute Gasteiger partial charge is 0.134 e. The Morgan fingerprint density at radius 3 is 2.82 bits per heavy atom. The Balaban J connectivity index is 2.63. The molecule has 17 heavy (non-hydrogen) atoms. The summed E-state index contributed by atoms with van der Waals surface area (Å²) in [4.78, 5) is 0. The first-order valence-electron chi connectivity index (χ1n) is 6.04. The molecule has 92 valence electrons. The second-order valence-corrected chi connectivity index (χ2v) is 4.40. The molecular formula is C15H19ClO. The van der Waals surface area contributed by atoms with Gasteiger partial charge in [-0.05, 0) is 24.5 Å². The molecule has 0 aliphatic carbocycles. The van der Waals surface area contributed by atoms with Crippen LogP contribution in [0.5, 0.6) is 5.75 Å². The average Bonchev–Trinajstić information content (AvgIpc) is 2.35. The number of alkyl halides is 1. The Morgan fingerprint density at radius 1 is 1.35 bits per heavy atom. The Kier molecular flexibility index (Phi) is 6.58. The first-order chi connectivity index (χ1) is 8.27. The normalized spacial score (nSPS) is 11.5. The minimum Gasteiger partial charge on any atom is -0.492 e. The van der Waals surface area contributed by atoms with E-state index in [9.17, 15) is 0 Å². The van der Waals surface area contributed by atoms with Gasteiger partial charge in [0.2, 0.25) is 0 Å². The zero-order valence-corrected chi connectivity index (χ0v) is 11.3. The molecule has 0 bridgehead atoms. The lowest BCUT2D eigenvalue weighted by Crippen LogP contribution is -2.08. The number of para-hydroxylation sites is 1. The highest BCUT2D eigenvalue weighted by Gasteiger charge is 2.04. The third-order valence-corrected chi connectivity index (χ3v) is 2.62. The van der Waals surface area contributed by atoms with E-state index in [1.54, 1.807) is 0 Å². The maximum Gasteiger partial charge on any atom is 0.134 e. The number of hydrogen-bond donors (Lipinski definition) is 0. The lowest BCUT2D eigenvalue weighted by Gasteiger charge is -2.13. The van der Waals surface area contributed by atoms with Gasteiger partial charge in [0.25, 0.3) is 0 Å². The van der Waals surface area contributed by atoms with Gasteiger partial charge < -0.3 is 4.74 Å². The minimum atomic E-state index is 0.348. The van der Waals surface area contributed by atoms with Crippen LogP contribution in [0.25, 0.3) is 0 Å². The summed E-state index contributed by atoms with van der Waals surface area (Å²) in [7, 11) is 0. The molecule has 0 saturated carbocycles. The molecule has 0 fully saturated rings. The third-order valence-electron chi connectivity index (χ3n) is 2.48. The maximum absolute atomic E-state index is 5.80. The highest BCUT2D eigenvalue weighted by atomic mass is 35.5. The number of rotatable bonds is 5. The van der Waals surface area contributed by atoms with Crippen molar-refractivity contribution in [1.82, 2.24) is 0 Å². The summed E-state index contributed by atoms with van der Waals surface area (Å²) < 4.78 is 5.80. The van der Waals surface area contributed by atoms with Gasteiger partial charge in [0.1, 0.15) is 5.75 Å². The largest absolute Gasteiger partial charge is 0.492 e. The van der Waals surface area contributed by atoms with Crippen LogP contribution in [0, 0.1) is 17.8 Å². The summed E-state index contributed by atoms with van der Waals surface area (Å²) >= 11 is 5.56. The van der Waals surface area contributed by atoms with Crippen LogP contribution < -0.4 is 4.74 Å². The molecular weight excluding hydrogens is 232 g/mol. The molecule has 0 aliphatic heterocycles. The number of hydrogen-bond acceptors (Lipinski definition) is 1. The maximum atomic E-state index is 5.80. The fourth-order valence-corrected chi connectivity index (χ4v) is 1.70.